The van der Waals surface area contributed by atoms with Gasteiger partial charge in [0.2, 0.25) is 5.91 Å². The van der Waals surface area contributed by atoms with E-state index in [1.807, 2.05) is 30.3 Å². The predicted molar refractivity (Wildman–Crippen MR) is 140 cm³/mol. The summed E-state index contributed by atoms with van der Waals surface area (Å²) in [6.07, 6.45) is 4.16. The summed E-state index contributed by atoms with van der Waals surface area (Å²) in [4.78, 5) is 27.5. The van der Waals surface area contributed by atoms with E-state index in [1.54, 1.807) is 36.7 Å². The van der Waals surface area contributed by atoms with Crippen molar-refractivity contribution in [3.8, 4) is 22.5 Å². The van der Waals surface area contributed by atoms with Gasteiger partial charge in [-0.15, -0.1) is 0 Å². The Hall–Kier alpha value is -4.72. The van der Waals surface area contributed by atoms with Gasteiger partial charge in [0.05, 0.1) is 5.52 Å². The molecule has 0 fully saturated rings. The Morgan fingerprint density at radius 2 is 1.86 bits per heavy atom. The van der Waals surface area contributed by atoms with E-state index in [4.69, 9.17) is 9.97 Å². The number of nitrogens with one attached hydrogen (secondary N) is 1. The van der Waals surface area contributed by atoms with E-state index in [0.29, 0.717) is 34.7 Å². The third-order valence-electron chi connectivity index (χ3n) is 6.41. The molecule has 0 bridgehead atoms. The molecule has 1 aliphatic rings. The zero-order valence-corrected chi connectivity index (χ0v) is 19.9. The molecule has 6 rings (SSSR count). The van der Waals surface area contributed by atoms with E-state index < -0.39 is 11.6 Å². The van der Waals surface area contributed by atoms with Crippen molar-refractivity contribution in [1.82, 2.24) is 15.0 Å². The van der Waals surface area contributed by atoms with Crippen LogP contribution in [-0.4, -0.2) is 27.4 Å². The van der Waals surface area contributed by atoms with Crippen LogP contribution in [0.25, 0.3) is 33.4 Å². The molecule has 1 aliphatic heterocycles. The smallest absolute Gasteiger partial charge is 0.221 e. The van der Waals surface area contributed by atoms with Crippen molar-refractivity contribution in [2.24, 2.45) is 0 Å². The molecule has 8 heteroatoms. The Labute approximate surface area is 211 Å². The summed E-state index contributed by atoms with van der Waals surface area (Å²) in [5.74, 6) is -0.746. The van der Waals surface area contributed by atoms with Gasteiger partial charge in [0.1, 0.15) is 5.82 Å². The molecular formula is C29H21F2N5O. The summed E-state index contributed by atoms with van der Waals surface area (Å²) in [6, 6.07) is 19.0. The molecule has 2 aromatic heterocycles. The van der Waals surface area contributed by atoms with Gasteiger partial charge in [-0.3, -0.25) is 9.78 Å². The highest BCUT2D eigenvalue weighted by molar-refractivity contribution is 5.97. The fourth-order valence-electron chi connectivity index (χ4n) is 4.74. The number of anilines is 3. The van der Waals surface area contributed by atoms with Gasteiger partial charge in [-0.25, -0.2) is 18.7 Å². The van der Waals surface area contributed by atoms with E-state index >= 15 is 0 Å². The van der Waals surface area contributed by atoms with Crippen LogP contribution in [0, 0.1) is 11.6 Å². The zero-order valence-electron chi connectivity index (χ0n) is 19.9. The SMILES string of the molecule is CC(=O)Nc1ccc2c(c1)CCN2c1nc(-c2cccnc2)nc2ccc(-c3cccc(F)c3F)cc12. The van der Waals surface area contributed by atoms with E-state index in [9.17, 15) is 13.6 Å². The molecule has 0 spiro atoms. The van der Waals surface area contributed by atoms with Crippen molar-refractivity contribution >= 4 is 34.0 Å². The third-order valence-corrected chi connectivity index (χ3v) is 6.41. The minimum absolute atomic E-state index is 0.130. The second kappa shape index (κ2) is 9.05. The molecule has 3 heterocycles. The number of halogens is 2. The first-order valence-electron chi connectivity index (χ1n) is 11.8. The maximum atomic E-state index is 14.6. The lowest BCUT2D eigenvalue weighted by Gasteiger charge is -2.22. The number of hydrogen-bond donors (Lipinski definition) is 1. The van der Waals surface area contributed by atoms with Crippen molar-refractivity contribution in [1.29, 1.82) is 0 Å². The molecular weight excluding hydrogens is 472 g/mol. The number of carbonyl (C=O) groups excluding carboxylic acids is 1. The Balaban J connectivity index is 1.54. The molecule has 0 saturated heterocycles. The first-order valence-corrected chi connectivity index (χ1v) is 11.8. The molecule has 0 aliphatic carbocycles. The second-order valence-corrected chi connectivity index (χ2v) is 8.87. The number of carbonyl (C=O) groups is 1. The Bertz CT molecular complexity index is 1670. The molecule has 1 N–H and O–H groups in total. The highest BCUT2D eigenvalue weighted by Gasteiger charge is 2.25. The number of aromatic nitrogens is 3. The van der Waals surface area contributed by atoms with Crippen LogP contribution < -0.4 is 10.2 Å². The van der Waals surface area contributed by atoms with E-state index in [2.05, 4.69) is 15.2 Å². The topological polar surface area (TPSA) is 71.0 Å². The van der Waals surface area contributed by atoms with Crippen molar-refractivity contribution in [3.63, 3.8) is 0 Å². The van der Waals surface area contributed by atoms with Crippen molar-refractivity contribution in [2.45, 2.75) is 13.3 Å². The average molecular weight is 494 g/mol. The fraction of sp³-hybridized carbons (Fsp3) is 0.103. The van der Waals surface area contributed by atoms with Crippen molar-refractivity contribution in [3.05, 3.63) is 96.3 Å². The minimum Gasteiger partial charge on any atom is -0.326 e. The number of pyridine rings is 1. The maximum absolute atomic E-state index is 14.6. The monoisotopic (exact) mass is 493 g/mol. The minimum atomic E-state index is -0.899. The molecule has 6 nitrogen and oxygen atoms in total. The van der Waals surface area contributed by atoms with Gasteiger partial charge < -0.3 is 10.2 Å². The van der Waals surface area contributed by atoms with E-state index in [0.717, 1.165) is 35.0 Å². The van der Waals surface area contributed by atoms with Gasteiger partial charge in [-0.2, -0.15) is 0 Å². The number of fused-ring (bicyclic) bond motifs is 2. The molecule has 0 radical (unpaired) electrons. The van der Waals surface area contributed by atoms with E-state index in [-0.39, 0.29) is 11.5 Å². The normalized spacial score (nSPS) is 12.6. The highest BCUT2D eigenvalue weighted by Crippen LogP contribution is 2.40. The van der Waals surface area contributed by atoms with Gasteiger partial charge >= 0.3 is 0 Å². The Morgan fingerprint density at radius 1 is 0.973 bits per heavy atom. The van der Waals surface area contributed by atoms with Gasteiger partial charge in [-0.1, -0.05) is 18.2 Å². The standard InChI is InChI=1S/C29H21F2N5O/c1-17(37)33-21-8-10-26-19(14-21)11-13-36(26)29-23-15-18(22-5-2-6-24(30)27(22)31)7-9-25(23)34-28(35-29)20-4-3-12-32-16-20/h2-10,12,14-16H,11,13H2,1H3,(H,33,37). The summed E-state index contributed by atoms with van der Waals surface area (Å²) in [5, 5.41) is 3.54. The highest BCUT2D eigenvalue weighted by atomic mass is 19.2. The predicted octanol–water partition coefficient (Wildman–Crippen LogP) is 6.29. The molecule has 37 heavy (non-hydrogen) atoms. The number of benzene rings is 3. The zero-order chi connectivity index (χ0) is 25.5. The van der Waals surface area contributed by atoms with Crippen LogP contribution >= 0.6 is 0 Å². The summed E-state index contributed by atoms with van der Waals surface area (Å²) in [5.41, 5.74) is 4.93. The number of amides is 1. The van der Waals surface area contributed by atoms with Gasteiger partial charge in [0.15, 0.2) is 17.5 Å². The maximum Gasteiger partial charge on any atom is 0.221 e. The number of nitrogens with zero attached hydrogens (tertiary/aromatic N) is 4. The largest absolute Gasteiger partial charge is 0.326 e. The van der Waals surface area contributed by atoms with Crippen LogP contribution in [-0.2, 0) is 11.2 Å². The van der Waals surface area contributed by atoms with Crippen LogP contribution in [0.2, 0.25) is 0 Å². The third kappa shape index (κ3) is 4.16. The average Bonchev–Trinajstić information content (AvgIpc) is 3.32. The number of rotatable bonds is 4. The number of hydrogen-bond acceptors (Lipinski definition) is 5. The lowest BCUT2D eigenvalue weighted by Crippen LogP contribution is -2.16. The summed E-state index contributed by atoms with van der Waals surface area (Å²) in [6.45, 7) is 2.14. The Morgan fingerprint density at radius 3 is 2.68 bits per heavy atom. The summed E-state index contributed by atoms with van der Waals surface area (Å²) in [7, 11) is 0. The first-order chi connectivity index (χ1) is 18.0. The summed E-state index contributed by atoms with van der Waals surface area (Å²) >= 11 is 0. The van der Waals surface area contributed by atoms with E-state index in [1.165, 1.54) is 13.0 Å². The molecule has 5 aromatic rings. The summed E-state index contributed by atoms with van der Waals surface area (Å²) < 4.78 is 28.6. The first kappa shape index (κ1) is 22.7. The van der Waals surface area contributed by atoms with Crippen LogP contribution in [0.3, 0.4) is 0 Å². The van der Waals surface area contributed by atoms with Gasteiger partial charge in [0.25, 0.3) is 0 Å². The Kier molecular flexibility index (Phi) is 5.56. The lowest BCUT2D eigenvalue weighted by atomic mass is 10.0. The van der Waals surface area contributed by atoms with Gasteiger partial charge in [-0.05, 0) is 66.1 Å². The molecule has 0 saturated carbocycles. The van der Waals surface area contributed by atoms with Crippen molar-refractivity contribution < 1.29 is 13.6 Å². The molecule has 3 aromatic carbocycles. The molecule has 0 atom stereocenters. The quantitative estimate of drug-likeness (QED) is 0.319. The van der Waals surface area contributed by atoms with Crippen LogP contribution in [0.1, 0.15) is 12.5 Å². The van der Waals surface area contributed by atoms with Crippen LogP contribution in [0.15, 0.2) is 79.1 Å². The van der Waals surface area contributed by atoms with Crippen LogP contribution in [0.5, 0.6) is 0 Å². The second-order valence-electron chi connectivity index (χ2n) is 8.87. The molecule has 1 amide bonds. The van der Waals surface area contributed by atoms with Gasteiger partial charge in [0, 0.05) is 53.8 Å². The van der Waals surface area contributed by atoms with Crippen molar-refractivity contribution in [2.75, 3.05) is 16.8 Å². The molecule has 0 unspecified atom stereocenters. The van der Waals surface area contributed by atoms with Crippen LogP contribution in [0.4, 0.5) is 26.0 Å². The fourth-order valence-corrected chi connectivity index (χ4v) is 4.74. The lowest BCUT2D eigenvalue weighted by molar-refractivity contribution is -0.114. The molecule has 182 valence electrons.